The number of rotatable bonds is 6. The van der Waals surface area contributed by atoms with Crippen LogP contribution in [-0.2, 0) is 4.74 Å². The second-order valence-electron chi connectivity index (χ2n) is 6.28. The summed E-state index contributed by atoms with van der Waals surface area (Å²) in [6.07, 6.45) is 4.03. The second kappa shape index (κ2) is 6.88. The molecule has 3 heteroatoms. The molecule has 0 bridgehead atoms. The Morgan fingerprint density at radius 1 is 1.39 bits per heavy atom. The summed E-state index contributed by atoms with van der Waals surface area (Å²) in [5.74, 6) is 0. The van der Waals surface area contributed by atoms with Gasteiger partial charge in [0.05, 0.1) is 11.7 Å². The molecule has 0 saturated carbocycles. The first-order valence-electron chi connectivity index (χ1n) is 7.52. The molecule has 1 rings (SSSR count). The van der Waals surface area contributed by atoms with Gasteiger partial charge in [0.25, 0.3) is 0 Å². The van der Waals surface area contributed by atoms with Crippen LogP contribution in [0.15, 0.2) is 0 Å². The predicted octanol–water partition coefficient (Wildman–Crippen LogP) is 2.65. The lowest BCUT2D eigenvalue weighted by atomic mass is 9.95. The summed E-state index contributed by atoms with van der Waals surface area (Å²) in [6, 6.07) is 1.22. The summed E-state index contributed by atoms with van der Waals surface area (Å²) in [4.78, 5) is 2.63. The Morgan fingerprint density at radius 3 is 2.50 bits per heavy atom. The fourth-order valence-electron chi connectivity index (χ4n) is 3.39. The van der Waals surface area contributed by atoms with Crippen molar-refractivity contribution in [1.82, 2.24) is 10.2 Å². The predicted molar refractivity (Wildman–Crippen MR) is 78.0 cm³/mol. The molecule has 1 N–H and O–H groups in total. The minimum Gasteiger partial charge on any atom is -0.370 e. The van der Waals surface area contributed by atoms with E-state index in [1.807, 2.05) is 0 Å². The molecule has 18 heavy (non-hydrogen) atoms. The van der Waals surface area contributed by atoms with Crippen LogP contribution in [0.25, 0.3) is 0 Å². The molecule has 0 radical (unpaired) electrons. The smallest absolute Gasteiger partial charge is 0.0757 e. The number of hydrogen-bond donors (Lipinski definition) is 1. The molecule has 1 aliphatic rings. The maximum absolute atomic E-state index is 6.01. The van der Waals surface area contributed by atoms with E-state index >= 15 is 0 Å². The van der Waals surface area contributed by atoms with Crippen LogP contribution in [0.3, 0.4) is 0 Å². The molecule has 1 heterocycles. The van der Waals surface area contributed by atoms with Crippen LogP contribution in [0.2, 0.25) is 0 Å². The number of ether oxygens (including phenoxy) is 1. The van der Waals surface area contributed by atoms with Crippen LogP contribution in [-0.4, -0.2) is 48.8 Å². The highest BCUT2D eigenvalue weighted by Crippen LogP contribution is 2.25. The maximum Gasteiger partial charge on any atom is 0.0757 e. The van der Waals surface area contributed by atoms with Crippen molar-refractivity contribution in [3.63, 3.8) is 0 Å². The van der Waals surface area contributed by atoms with Gasteiger partial charge in [-0.15, -0.1) is 0 Å². The van der Waals surface area contributed by atoms with E-state index in [0.717, 1.165) is 13.1 Å². The summed E-state index contributed by atoms with van der Waals surface area (Å²) in [7, 11) is 2.10. The first-order valence-corrected chi connectivity index (χ1v) is 7.52. The topological polar surface area (TPSA) is 24.5 Å². The second-order valence-corrected chi connectivity index (χ2v) is 6.28. The Hall–Kier alpha value is -0.120. The van der Waals surface area contributed by atoms with Crippen molar-refractivity contribution in [2.24, 2.45) is 0 Å². The standard InChI is InChI=1S/C15H32N2O/c1-7-9-13(16-6)14(8-2)17-10-12(3)18-15(4,5)11-17/h12-14,16H,7-11H2,1-6H3. The summed E-state index contributed by atoms with van der Waals surface area (Å²) in [5.41, 5.74) is -0.0183. The van der Waals surface area contributed by atoms with Crippen molar-refractivity contribution < 1.29 is 4.74 Å². The van der Waals surface area contributed by atoms with E-state index in [-0.39, 0.29) is 5.60 Å². The van der Waals surface area contributed by atoms with Crippen LogP contribution in [0.1, 0.15) is 53.9 Å². The molecule has 3 atom stereocenters. The Labute approximate surface area is 113 Å². The van der Waals surface area contributed by atoms with Gasteiger partial charge in [0.1, 0.15) is 0 Å². The average Bonchev–Trinajstić information content (AvgIpc) is 2.26. The van der Waals surface area contributed by atoms with Crippen LogP contribution < -0.4 is 5.32 Å². The Bertz CT molecular complexity index is 243. The van der Waals surface area contributed by atoms with Gasteiger partial charge in [0, 0.05) is 25.2 Å². The van der Waals surface area contributed by atoms with Crippen molar-refractivity contribution in [3.05, 3.63) is 0 Å². The average molecular weight is 256 g/mol. The molecule has 0 aliphatic carbocycles. The molecule has 0 spiro atoms. The molecule has 0 amide bonds. The highest BCUT2D eigenvalue weighted by atomic mass is 16.5. The third-order valence-electron chi connectivity index (χ3n) is 3.92. The van der Waals surface area contributed by atoms with E-state index in [9.17, 15) is 0 Å². The fraction of sp³-hybridized carbons (Fsp3) is 1.00. The molecule has 1 fully saturated rings. The molecule has 108 valence electrons. The first-order chi connectivity index (χ1) is 8.43. The van der Waals surface area contributed by atoms with Crippen LogP contribution >= 0.6 is 0 Å². The van der Waals surface area contributed by atoms with Gasteiger partial charge in [-0.05, 0) is 40.7 Å². The number of hydrogen-bond acceptors (Lipinski definition) is 3. The van der Waals surface area contributed by atoms with Gasteiger partial charge in [0.2, 0.25) is 0 Å². The first kappa shape index (κ1) is 15.9. The van der Waals surface area contributed by atoms with E-state index in [1.165, 1.54) is 19.3 Å². The Balaban J connectivity index is 2.74. The monoisotopic (exact) mass is 256 g/mol. The zero-order valence-electron chi connectivity index (χ0n) is 13.1. The van der Waals surface area contributed by atoms with Gasteiger partial charge >= 0.3 is 0 Å². The molecule has 0 aromatic heterocycles. The van der Waals surface area contributed by atoms with Crippen molar-refractivity contribution in [1.29, 1.82) is 0 Å². The fourth-order valence-corrected chi connectivity index (χ4v) is 3.39. The SMILES string of the molecule is CCCC(NC)C(CC)N1CC(C)OC(C)(C)C1. The van der Waals surface area contributed by atoms with E-state index in [4.69, 9.17) is 4.74 Å². The maximum atomic E-state index is 6.01. The lowest BCUT2D eigenvalue weighted by Gasteiger charge is -2.47. The van der Waals surface area contributed by atoms with Crippen molar-refractivity contribution >= 4 is 0 Å². The normalized spacial score (nSPS) is 28.0. The summed E-state index contributed by atoms with van der Waals surface area (Å²) in [5, 5.41) is 3.51. The Morgan fingerprint density at radius 2 is 2.06 bits per heavy atom. The van der Waals surface area contributed by atoms with E-state index < -0.39 is 0 Å². The van der Waals surface area contributed by atoms with Gasteiger partial charge in [0.15, 0.2) is 0 Å². The molecule has 1 saturated heterocycles. The van der Waals surface area contributed by atoms with Crippen LogP contribution in [0.5, 0.6) is 0 Å². The van der Waals surface area contributed by atoms with Gasteiger partial charge in [-0.3, -0.25) is 4.90 Å². The van der Waals surface area contributed by atoms with E-state index in [2.05, 4.69) is 51.9 Å². The highest BCUT2D eigenvalue weighted by molar-refractivity contribution is 4.90. The van der Waals surface area contributed by atoms with Gasteiger partial charge < -0.3 is 10.1 Å². The lowest BCUT2D eigenvalue weighted by molar-refractivity contribution is -0.140. The third-order valence-corrected chi connectivity index (χ3v) is 3.92. The van der Waals surface area contributed by atoms with Crippen molar-refractivity contribution in [3.8, 4) is 0 Å². The summed E-state index contributed by atoms with van der Waals surface area (Å²) >= 11 is 0. The molecule has 3 unspecified atom stereocenters. The molecule has 0 aromatic rings. The minimum atomic E-state index is -0.0183. The van der Waals surface area contributed by atoms with Crippen LogP contribution in [0, 0.1) is 0 Å². The van der Waals surface area contributed by atoms with Gasteiger partial charge in [-0.25, -0.2) is 0 Å². The third kappa shape index (κ3) is 4.22. The highest BCUT2D eigenvalue weighted by Gasteiger charge is 2.36. The minimum absolute atomic E-state index is 0.0183. The Kier molecular flexibility index (Phi) is 6.09. The number of nitrogens with one attached hydrogen (secondary N) is 1. The largest absolute Gasteiger partial charge is 0.370 e. The zero-order valence-corrected chi connectivity index (χ0v) is 13.1. The molecular formula is C15H32N2O. The van der Waals surface area contributed by atoms with Gasteiger partial charge in [-0.1, -0.05) is 20.3 Å². The molecule has 0 aromatic carbocycles. The number of likely N-dealkylation sites (N-methyl/N-ethyl adjacent to an activating group) is 1. The molecular weight excluding hydrogens is 224 g/mol. The number of morpholine rings is 1. The zero-order chi connectivity index (χ0) is 13.8. The van der Waals surface area contributed by atoms with Crippen molar-refractivity contribution in [2.45, 2.75) is 77.7 Å². The quantitative estimate of drug-likeness (QED) is 0.791. The van der Waals surface area contributed by atoms with E-state index in [0.29, 0.717) is 18.2 Å². The molecule has 3 nitrogen and oxygen atoms in total. The molecule has 1 aliphatic heterocycles. The number of nitrogens with zero attached hydrogens (tertiary/aromatic N) is 1. The summed E-state index contributed by atoms with van der Waals surface area (Å²) < 4.78 is 6.01. The van der Waals surface area contributed by atoms with E-state index in [1.54, 1.807) is 0 Å². The lowest BCUT2D eigenvalue weighted by Crippen LogP contribution is -2.59. The van der Waals surface area contributed by atoms with Crippen LogP contribution in [0.4, 0.5) is 0 Å². The summed E-state index contributed by atoms with van der Waals surface area (Å²) in [6.45, 7) is 13.3. The van der Waals surface area contributed by atoms with Gasteiger partial charge in [-0.2, -0.15) is 0 Å². The van der Waals surface area contributed by atoms with Crippen molar-refractivity contribution in [2.75, 3.05) is 20.1 Å².